The van der Waals surface area contributed by atoms with Crippen LogP contribution in [-0.4, -0.2) is 23.0 Å². The third kappa shape index (κ3) is 6.96. The van der Waals surface area contributed by atoms with Gasteiger partial charge in [0.1, 0.15) is 0 Å². The number of hydrogen-bond donors (Lipinski definition) is 2. The molecule has 1 rings (SSSR count). The van der Waals surface area contributed by atoms with E-state index in [1.54, 1.807) is 0 Å². The molecule has 4 nitrogen and oxygen atoms in total. The molecule has 0 saturated heterocycles. The summed E-state index contributed by atoms with van der Waals surface area (Å²) >= 11 is 0. The molecule has 21 heavy (non-hydrogen) atoms. The maximum atomic E-state index is 12.2. The summed E-state index contributed by atoms with van der Waals surface area (Å²) in [5.74, 6) is -0.0601. The lowest BCUT2D eigenvalue weighted by atomic mass is 9.79. The van der Waals surface area contributed by atoms with Crippen molar-refractivity contribution in [3.05, 3.63) is 0 Å². The first-order valence-corrected chi connectivity index (χ1v) is 8.34. The second kappa shape index (κ2) is 8.40. The number of rotatable bonds is 9. The van der Waals surface area contributed by atoms with Crippen LogP contribution >= 0.6 is 0 Å². The predicted molar refractivity (Wildman–Crippen MR) is 84.1 cm³/mol. The van der Waals surface area contributed by atoms with Gasteiger partial charge in [-0.2, -0.15) is 0 Å². The van der Waals surface area contributed by atoms with Crippen molar-refractivity contribution < 1.29 is 14.7 Å². The number of carboxylic acids is 1. The van der Waals surface area contributed by atoms with Crippen LogP contribution < -0.4 is 5.32 Å². The molecule has 1 saturated carbocycles. The molecule has 0 aliphatic heterocycles. The van der Waals surface area contributed by atoms with Gasteiger partial charge in [0.05, 0.1) is 6.42 Å². The van der Waals surface area contributed by atoms with Gasteiger partial charge in [-0.15, -0.1) is 0 Å². The van der Waals surface area contributed by atoms with Gasteiger partial charge >= 0.3 is 5.97 Å². The molecule has 122 valence electrons. The van der Waals surface area contributed by atoms with Crippen LogP contribution in [0.4, 0.5) is 0 Å². The Balaban J connectivity index is 2.38. The number of hydrogen-bond acceptors (Lipinski definition) is 2. The highest BCUT2D eigenvalue weighted by Gasteiger charge is 2.38. The summed E-state index contributed by atoms with van der Waals surface area (Å²) in [6, 6.07) is 0.180. The van der Waals surface area contributed by atoms with Gasteiger partial charge in [-0.3, -0.25) is 9.59 Å². The van der Waals surface area contributed by atoms with Crippen molar-refractivity contribution in [2.45, 2.75) is 84.6 Å². The maximum Gasteiger partial charge on any atom is 0.303 e. The minimum Gasteiger partial charge on any atom is -0.481 e. The van der Waals surface area contributed by atoms with Crippen LogP contribution in [0.25, 0.3) is 0 Å². The summed E-state index contributed by atoms with van der Waals surface area (Å²) in [6.45, 7) is 6.45. The Morgan fingerprint density at radius 1 is 1.10 bits per heavy atom. The Kier molecular flexibility index (Phi) is 7.20. The quantitative estimate of drug-likeness (QED) is 0.681. The summed E-state index contributed by atoms with van der Waals surface area (Å²) in [5.41, 5.74) is -0.298. The van der Waals surface area contributed by atoms with Gasteiger partial charge in [0, 0.05) is 12.5 Å². The molecule has 0 radical (unpaired) electrons. The fraction of sp³-hybridized carbons (Fsp3) is 0.882. The lowest BCUT2D eigenvalue weighted by Gasteiger charge is -2.27. The van der Waals surface area contributed by atoms with Crippen molar-refractivity contribution in [2.24, 2.45) is 11.3 Å². The zero-order valence-corrected chi connectivity index (χ0v) is 13.8. The van der Waals surface area contributed by atoms with E-state index in [1.807, 2.05) is 6.92 Å². The summed E-state index contributed by atoms with van der Waals surface area (Å²) in [6.07, 6.45) is 7.63. The molecule has 4 heteroatoms. The molecule has 0 aromatic heterocycles. The highest BCUT2D eigenvalue weighted by molar-refractivity contribution is 5.78. The number of carboxylic acid groups (broad SMARTS) is 1. The van der Waals surface area contributed by atoms with E-state index in [2.05, 4.69) is 19.2 Å². The van der Waals surface area contributed by atoms with Gasteiger partial charge in [0.15, 0.2) is 0 Å². The molecule has 1 unspecified atom stereocenters. The lowest BCUT2D eigenvalue weighted by molar-refractivity contribution is -0.140. The summed E-state index contributed by atoms with van der Waals surface area (Å²) < 4.78 is 0. The molecule has 0 bridgehead atoms. The molecule has 1 amide bonds. The third-order valence-electron chi connectivity index (χ3n) is 4.55. The molecule has 0 heterocycles. The van der Waals surface area contributed by atoms with E-state index in [0.29, 0.717) is 12.3 Å². The van der Waals surface area contributed by atoms with Crippen LogP contribution in [0.5, 0.6) is 0 Å². The summed E-state index contributed by atoms with van der Waals surface area (Å²) in [5, 5.41) is 12.1. The second-order valence-corrected chi connectivity index (χ2v) is 7.25. The van der Waals surface area contributed by atoms with Crippen LogP contribution in [-0.2, 0) is 9.59 Å². The molecule has 0 aromatic carbocycles. The Morgan fingerprint density at radius 2 is 1.71 bits per heavy atom. The van der Waals surface area contributed by atoms with E-state index in [9.17, 15) is 9.59 Å². The van der Waals surface area contributed by atoms with Crippen molar-refractivity contribution >= 4 is 11.9 Å². The highest BCUT2D eigenvalue weighted by atomic mass is 16.4. The highest BCUT2D eigenvalue weighted by Crippen LogP contribution is 2.44. The fourth-order valence-corrected chi connectivity index (χ4v) is 3.43. The molecular weight excluding hydrogens is 266 g/mol. The average molecular weight is 297 g/mol. The Hall–Kier alpha value is -1.06. The summed E-state index contributed by atoms with van der Waals surface area (Å²) in [7, 11) is 0. The van der Waals surface area contributed by atoms with Crippen molar-refractivity contribution in [3.8, 4) is 0 Å². The van der Waals surface area contributed by atoms with Crippen LogP contribution in [0.15, 0.2) is 0 Å². The Labute approximate surface area is 128 Å². The first kappa shape index (κ1) is 18.0. The molecule has 0 aromatic rings. The van der Waals surface area contributed by atoms with Crippen molar-refractivity contribution in [1.82, 2.24) is 5.32 Å². The van der Waals surface area contributed by atoms with Crippen molar-refractivity contribution in [1.29, 1.82) is 0 Å². The molecule has 0 spiro atoms. The van der Waals surface area contributed by atoms with Crippen molar-refractivity contribution in [2.75, 3.05) is 0 Å². The van der Waals surface area contributed by atoms with Crippen LogP contribution in [0.3, 0.4) is 0 Å². The van der Waals surface area contributed by atoms with E-state index in [1.165, 1.54) is 6.42 Å². The van der Waals surface area contributed by atoms with Crippen molar-refractivity contribution in [3.63, 3.8) is 0 Å². The molecule has 1 aliphatic carbocycles. The van der Waals surface area contributed by atoms with Gasteiger partial charge in [-0.1, -0.05) is 39.5 Å². The van der Waals surface area contributed by atoms with Crippen LogP contribution in [0, 0.1) is 11.3 Å². The fourth-order valence-electron chi connectivity index (χ4n) is 3.43. The monoisotopic (exact) mass is 297 g/mol. The third-order valence-corrected chi connectivity index (χ3v) is 4.55. The van der Waals surface area contributed by atoms with E-state index in [0.717, 1.165) is 38.5 Å². The Morgan fingerprint density at radius 3 is 2.24 bits per heavy atom. The van der Waals surface area contributed by atoms with E-state index in [-0.39, 0.29) is 23.8 Å². The standard InChI is InChI=1S/C17H31NO3/c1-13(2)7-6-8-14(3)18-15(19)11-17(12-16(20)21)9-4-5-10-17/h13-14H,4-12H2,1-3H3,(H,18,19)(H,20,21). The van der Waals surface area contributed by atoms with Gasteiger partial charge in [-0.25, -0.2) is 0 Å². The normalized spacial score (nSPS) is 18.7. The topological polar surface area (TPSA) is 66.4 Å². The smallest absolute Gasteiger partial charge is 0.303 e. The molecule has 1 aliphatic rings. The minimum absolute atomic E-state index is 0.0233. The summed E-state index contributed by atoms with van der Waals surface area (Å²) in [4.78, 5) is 23.2. The van der Waals surface area contributed by atoms with E-state index >= 15 is 0 Å². The largest absolute Gasteiger partial charge is 0.481 e. The van der Waals surface area contributed by atoms with E-state index in [4.69, 9.17) is 5.11 Å². The molecule has 1 atom stereocenters. The number of carbonyl (C=O) groups excluding carboxylic acids is 1. The number of carbonyl (C=O) groups is 2. The van der Waals surface area contributed by atoms with Gasteiger partial charge in [0.2, 0.25) is 5.91 Å². The number of aliphatic carboxylic acids is 1. The number of amides is 1. The molecular formula is C17H31NO3. The van der Waals surface area contributed by atoms with Gasteiger partial charge in [-0.05, 0) is 37.5 Å². The minimum atomic E-state index is -0.783. The first-order valence-electron chi connectivity index (χ1n) is 8.34. The zero-order chi connectivity index (χ0) is 15.9. The van der Waals surface area contributed by atoms with Gasteiger partial charge < -0.3 is 10.4 Å². The predicted octanol–water partition coefficient (Wildman–Crippen LogP) is 3.74. The van der Waals surface area contributed by atoms with Gasteiger partial charge in [0.25, 0.3) is 0 Å². The molecule has 2 N–H and O–H groups in total. The maximum absolute atomic E-state index is 12.2. The Bertz CT molecular complexity index is 346. The lowest BCUT2D eigenvalue weighted by Crippen LogP contribution is -2.37. The van der Waals surface area contributed by atoms with Crippen LogP contribution in [0.2, 0.25) is 0 Å². The van der Waals surface area contributed by atoms with Crippen LogP contribution in [0.1, 0.15) is 78.6 Å². The number of nitrogens with one attached hydrogen (secondary N) is 1. The zero-order valence-electron chi connectivity index (χ0n) is 13.8. The second-order valence-electron chi connectivity index (χ2n) is 7.25. The van der Waals surface area contributed by atoms with E-state index < -0.39 is 5.97 Å². The molecule has 1 fully saturated rings. The average Bonchev–Trinajstić information content (AvgIpc) is 2.75. The first-order chi connectivity index (χ1) is 9.83. The SMILES string of the molecule is CC(C)CCCC(C)NC(=O)CC1(CC(=O)O)CCCC1.